The Morgan fingerprint density at radius 1 is 1.10 bits per heavy atom. The van der Waals surface area contributed by atoms with Crippen LogP contribution >= 0.6 is 0 Å². The molecule has 154 valence electrons. The van der Waals surface area contributed by atoms with E-state index < -0.39 is 0 Å². The van der Waals surface area contributed by atoms with Gasteiger partial charge in [0.05, 0.1) is 11.6 Å². The summed E-state index contributed by atoms with van der Waals surface area (Å²) in [5.41, 5.74) is 3.12. The predicted molar refractivity (Wildman–Crippen MR) is 115 cm³/mol. The van der Waals surface area contributed by atoms with Gasteiger partial charge in [-0.1, -0.05) is 24.3 Å². The Morgan fingerprint density at radius 2 is 1.90 bits per heavy atom. The van der Waals surface area contributed by atoms with Gasteiger partial charge in [-0.05, 0) is 56.5 Å². The number of hydrogen-bond acceptors (Lipinski definition) is 4. The summed E-state index contributed by atoms with van der Waals surface area (Å²) in [6, 6.07) is 15.3. The average molecular weight is 403 g/mol. The second-order valence-electron chi connectivity index (χ2n) is 7.67. The molecule has 1 unspecified atom stereocenters. The van der Waals surface area contributed by atoms with Crippen LogP contribution in [0.5, 0.6) is 0 Å². The number of amides is 2. The van der Waals surface area contributed by atoms with Crippen LogP contribution in [0.25, 0.3) is 5.69 Å². The number of aromatic nitrogens is 3. The summed E-state index contributed by atoms with van der Waals surface area (Å²) in [7, 11) is 0. The lowest BCUT2D eigenvalue weighted by Crippen LogP contribution is -2.44. The molecule has 3 heterocycles. The third kappa shape index (κ3) is 4.10. The number of nitrogens with one attached hydrogen (secondary N) is 1. The van der Waals surface area contributed by atoms with Crippen molar-refractivity contribution >= 4 is 17.6 Å². The summed E-state index contributed by atoms with van der Waals surface area (Å²) >= 11 is 0. The fourth-order valence-corrected chi connectivity index (χ4v) is 3.78. The van der Waals surface area contributed by atoms with Crippen molar-refractivity contribution in [3.05, 3.63) is 71.7 Å². The third-order valence-electron chi connectivity index (χ3n) is 5.44. The first-order valence-corrected chi connectivity index (χ1v) is 10.2. The van der Waals surface area contributed by atoms with Crippen LogP contribution in [0.3, 0.4) is 0 Å². The third-order valence-corrected chi connectivity index (χ3v) is 5.44. The standard InChI is InChI=1S/C23H25N5O2/c1-16-8-6-12-24-21(16)25-22(29)18-9-7-13-27(15-18)23(30)20-14-17(2)28(26-20)19-10-4-3-5-11-19/h3-6,8,10-12,14,18H,7,9,13,15H2,1-2H3,(H,24,25,29). The largest absolute Gasteiger partial charge is 0.336 e. The number of hydrogen-bond donors (Lipinski definition) is 1. The average Bonchev–Trinajstić information content (AvgIpc) is 3.17. The molecular weight excluding hydrogens is 378 g/mol. The Morgan fingerprint density at radius 3 is 2.67 bits per heavy atom. The SMILES string of the molecule is Cc1cccnc1NC(=O)C1CCCN(C(=O)c2cc(C)n(-c3ccccc3)n2)C1. The van der Waals surface area contributed by atoms with E-state index in [4.69, 9.17) is 0 Å². The first-order valence-electron chi connectivity index (χ1n) is 10.2. The van der Waals surface area contributed by atoms with E-state index in [9.17, 15) is 9.59 Å². The minimum absolute atomic E-state index is 0.0969. The highest BCUT2D eigenvalue weighted by Crippen LogP contribution is 2.21. The highest BCUT2D eigenvalue weighted by molar-refractivity contribution is 5.95. The summed E-state index contributed by atoms with van der Waals surface area (Å²) in [4.78, 5) is 31.8. The monoisotopic (exact) mass is 403 g/mol. The Balaban J connectivity index is 1.46. The maximum Gasteiger partial charge on any atom is 0.274 e. The first-order chi connectivity index (χ1) is 14.5. The number of carbonyl (C=O) groups excluding carboxylic acids is 2. The minimum Gasteiger partial charge on any atom is -0.336 e. The van der Waals surface area contributed by atoms with Crippen molar-refractivity contribution in [2.45, 2.75) is 26.7 Å². The van der Waals surface area contributed by atoms with Crippen LogP contribution in [0.4, 0.5) is 5.82 Å². The molecule has 1 aromatic carbocycles. The number of piperidine rings is 1. The molecule has 1 aliphatic rings. The molecule has 0 aliphatic carbocycles. The van der Waals surface area contributed by atoms with Gasteiger partial charge in [-0.3, -0.25) is 9.59 Å². The lowest BCUT2D eigenvalue weighted by atomic mass is 9.96. The van der Waals surface area contributed by atoms with Crippen LogP contribution in [0.2, 0.25) is 0 Å². The van der Waals surface area contributed by atoms with Crippen LogP contribution in [0.15, 0.2) is 54.7 Å². The lowest BCUT2D eigenvalue weighted by Gasteiger charge is -2.31. The van der Waals surface area contributed by atoms with Gasteiger partial charge in [0.25, 0.3) is 5.91 Å². The molecule has 1 fully saturated rings. The van der Waals surface area contributed by atoms with Gasteiger partial charge in [0, 0.05) is 25.0 Å². The molecule has 4 rings (SSSR count). The fourth-order valence-electron chi connectivity index (χ4n) is 3.78. The highest BCUT2D eigenvalue weighted by Gasteiger charge is 2.30. The molecule has 2 aromatic heterocycles. The maximum absolute atomic E-state index is 13.1. The van der Waals surface area contributed by atoms with Gasteiger partial charge in [0.1, 0.15) is 5.82 Å². The number of benzene rings is 1. The quantitative estimate of drug-likeness (QED) is 0.724. The summed E-state index contributed by atoms with van der Waals surface area (Å²) in [5, 5.41) is 7.43. The summed E-state index contributed by atoms with van der Waals surface area (Å²) in [6.07, 6.45) is 3.19. The number of carbonyl (C=O) groups is 2. The maximum atomic E-state index is 13.1. The number of anilines is 1. The fraction of sp³-hybridized carbons (Fsp3) is 0.304. The first kappa shape index (κ1) is 19.8. The van der Waals surface area contributed by atoms with Gasteiger partial charge in [-0.15, -0.1) is 0 Å². The van der Waals surface area contributed by atoms with Gasteiger partial charge >= 0.3 is 0 Å². The van der Waals surface area contributed by atoms with E-state index in [-0.39, 0.29) is 17.7 Å². The Hall–Kier alpha value is -3.48. The van der Waals surface area contributed by atoms with E-state index in [1.807, 2.05) is 56.3 Å². The Labute approximate surface area is 175 Å². The van der Waals surface area contributed by atoms with E-state index in [1.54, 1.807) is 21.8 Å². The van der Waals surface area contributed by atoms with Crippen molar-refractivity contribution in [1.29, 1.82) is 0 Å². The van der Waals surface area contributed by atoms with Crippen LogP contribution in [-0.4, -0.2) is 44.6 Å². The molecule has 0 bridgehead atoms. The molecule has 1 saturated heterocycles. The molecule has 3 aromatic rings. The van der Waals surface area contributed by atoms with Gasteiger partial charge in [0.15, 0.2) is 5.69 Å². The van der Waals surface area contributed by atoms with Crippen molar-refractivity contribution in [3.63, 3.8) is 0 Å². The molecule has 1 aliphatic heterocycles. The number of rotatable bonds is 4. The second-order valence-corrected chi connectivity index (χ2v) is 7.67. The smallest absolute Gasteiger partial charge is 0.274 e. The molecule has 2 amide bonds. The topological polar surface area (TPSA) is 80.1 Å². The van der Waals surface area contributed by atoms with E-state index in [0.29, 0.717) is 24.6 Å². The number of nitrogens with zero attached hydrogens (tertiary/aromatic N) is 4. The molecule has 0 radical (unpaired) electrons. The summed E-state index contributed by atoms with van der Waals surface area (Å²) in [6.45, 7) is 4.85. The molecule has 1 atom stereocenters. The zero-order valence-corrected chi connectivity index (χ0v) is 17.2. The number of aryl methyl sites for hydroxylation is 2. The van der Waals surface area contributed by atoms with Crippen molar-refractivity contribution in [2.24, 2.45) is 5.92 Å². The predicted octanol–water partition coefficient (Wildman–Crippen LogP) is 3.38. The van der Waals surface area contributed by atoms with Crippen molar-refractivity contribution in [2.75, 3.05) is 18.4 Å². The van der Waals surface area contributed by atoms with E-state index in [2.05, 4.69) is 15.4 Å². The van der Waals surface area contributed by atoms with Gasteiger partial charge in [-0.25, -0.2) is 9.67 Å². The zero-order valence-electron chi connectivity index (χ0n) is 17.2. The van der Waals surface area contributed by atoms with Gasteiger partial charge in [0.2, 0.25) is 5.91 Å². The second kappa shape index (κ2) is 8.49. The highest BCUT2D eigenvalue weighted by atomic mass is 16.2. The number of pyridine rings is 1. The molecule has 0 saturated carbocycles. The molecule has 7 heteroatoms. The van der Waals surface area contributed by atoms with Crippen molar-refractivity contribution < 1.29 is 9.59 Å². The van der Waals surface area contributed by atoms with Crippen LogP contribution in [0, 0.1) is 19.8 Å². The molecule has 30 heavy (non-hydrogen) atoms. The molecular formula is C23H25N5O2. The van der Waals surface area contributed by atoms with Crippen molar-refractivity contribution in [1.82, 2.24) is 19.7 Å². The minimum atomic E-state index is -0.263. The van der Waals surface area contributed by atoms with E-state index >= 15 is 0 Å². The lowest BCUT2D eigenvalue weighted by molar-refractivity contribution is -0.121. The number of likely N-dealkylation sites (tertiary alicyclic amines) is 1. The number of para-hydroxylation sites is 1. The molecule has 7 nitrogen and oxygen atoms in total. The summed E-state index contributed by atoms with van der Waals surface area (Å²) in [5.74, 6) is 0.0733. The van der Waals surface area contributed by atoms with Gasteiger partial charge in [-0.2, -0.15) is 5.10 Å². The zero-order chi connectivity index (χ0) is 21.1. The molecule has 0 spiro atoms. The van der Waals surface area contributed by atoms with E-state index in [0.717, 1.165) is 29.8 Å². The van der Waals surface area contributed by atoms with E-state index in [1.165, 1.54) is 0 Å². The van der Waals surface area contributed by atoms with Crippen LogP contribution in [0.1, 0.15) is 34.6 Å². The Bertz CT molecular complexity index is 1060. The normalized spacial score (nSPS) is 16.3. The Kier molecular flexibility index (Phi) is 5.61. The van der Waals surface area contributed by atoms with Crippen LogP contribution in [-0.2, 0) is 4.79 Å². The summed E-state index contributed by atoms with van der Waals surface area (Å²) < 4.78 is 1.77. The molecule has 1 N–H and O–H groups in total. The van der Waals surface area contributed by atoms with Gasteiger partial charge < -0.3 is 10.2 Å². The van der Waals surface area contributed by atoms with Crippen LogP contribution < -0.4 is 5.32 Å². The van der Waals surface area contributed by atoms with Crippen molar-refractivity contribution in [3.8, 4) is 5.69 Å².